The first-order chi connectivity index (χ1) is 10.2. The van der Waals surface area contributed by atoms with Crippen LogP contribution >= 0.6 is 0 Å². The number of nitrogen functional groups attached to an aromatic ring is 1. The Bertz CT molecular complexity index is 443. The lowest BCUT2D eigenvalue weighted by molar-refractivity contribution is 0.0433. The average molecular weight is 290 g/mol. The number of nitrogens with two attached hydrogens (primary N) is 1. The number of carbonyl (C=O) groups is 1. The van der Waals surface area contributed by atoms with E-state index >= 15 is 0 Å². The van der Waals surface area contributed by atoms with Crippen LogP contribution in [-0.2, 0) is 4.74 Å². The van der Waals surface area contributed by atoms with Crippen molar-refractivity contribution in [1.82, 2.24) is 4.90 Å². The van der Waals surface area contributed by atoms with Crippen molar-refractivity contribution in [3.05, 3.63) is 29.8 Å². The van der Waals surface area contributed by atoms with Crippen molar-refractivity contribution in [2.45, 2.75) is 45.1 Å². The van der Waals surface area contributed by atoms with E-state index in [9.17, 15) is 4.79 Å². The number of nitrogens with zero attached hydrogens (tertiary/aromatic N) is 1. The zero-order valence-electron chi connectivity index (χ0n) is 12.9. The van der Waals surface area contributed by atoms with E-state index in [4.69, 9.17) is 10.5 Å². The van der Waals surface area contributed by atoms with Crippen LogP contribution in [0, 0.1) is 0 Å². The van der Waals surface area contributed by atoms with Gasteiger partial charge < -0.3 is 15.4 Å². The highest BCUT2D eigenvalue weighted by Gasteiger charge is 2.21. The van der Waals surface area contributed by atoms with E-state index in [-0.39, 0.29) is 5.97 Å². The van der Waals surface area contributed by atoms with Gasteiger partial charge in [0.2, 0.25) is 0 Å². The fourth-order valence-electron chi connectivity index (χ4n) is 2.96. The Hall–Kier alpha value is -1.55. The number of esters is 1. The number of rotatable bonds is 6. The Morgan fingerprint density at radius 3 is 2.81 bits per heavy atom. The summed E-state index contributed by atoms with van der Waals surface area (Å²) in [7, 11) is 0. The van der Waals surface area contributed by atoms with E-state index in [0.717, 1.165) is 13.0 Å². The third-order valence-electron chi connectivity index (χ3n) is 4.09. The van der Waals surface area contributed by atoms with E-state index in [1.807, 2.05) is 0 Å². The van der Waals surface area contributed by atoms with Gasteiger partial charge in [-0.1, -0.05) is 13.3 Å². The van der Waals surface area contributed by atoms with E-state index < -0.39 is 0 Å². The molecule has 1 aliphatic rings. The van der Waals surface area contributed by atoms with Crippen LogP contribution < -0.4 is 5.73 Å². The maximum absolute atomic E-state index is 11.9. The van der Waals surface area contributed by atoms with Crippen LogP contribution in [0.3, 0.4) is 0 Å². The third kappa shape index (κ3) is 4.74. The topological polar surface area (TPSA) is 55.6 Å². The summed E-state index contributed by atoms with van der Waals surface area (Å²) in [5, 5.41) is 0. The molecule has 21 heavy (non-hydrogen) atoms. The van der Waals surface area contributed by atoms with Gasteiger partial charge in [-0.15, -0.1) is 0 Å². The summed E-state index contributed by atoms with van der Waals surface area (Å²) in [6.07, 6.45) is 5.92. The fraction of sp³-hybridized carbons (Fsp3) is 0.588. The minimum Gasteiger partial charge on any atom is -0.462 e. The Kier molecular flexibility index (Phi) is 6.05. The molecular formula is C17H26N2O2. The zero-order valence-corrected chi connectivity index (χ0v) is 12.9. The molecule has 4 nitrogen and oxygen atoms in total. The van der Waals surface area contributed by atoms with Gasteiger partial charge in [-0.3, -0.25) is 0 Å². The van der Waals surface area contributed by atoms with Crippen LogP contribution in [-0.4, -0.2) is 36.6 Å². The Labute approximate surface area is 127 Å². The lowest BCUT2D eigenvalue weighted by Crippen LogP contribution is -2.40. The maximum Gasteiger partial charge on any atom is 0.338 e. The van der Waals surface area contributed by atoms with Crippen LogP contribution in [0.1, 0.15) is 49.4 Å². The van der Waals surface area contributed by atoms with Crippen molar-refractivity contribution in [1.29, 1.82) is 0 Å². The second-order valence-corrected chi connectivity index (χ2v) is 5.73. The number of hydrogen-bond donors (Lipinski definition) is 1. The molecule has 1 aliphatic heterocycles. The van der Waals surface area contributed by atoms with Crippen molar-refractivity contribution < 1.29 is 9.53 Å². The molecule has 0 aromatic heterocycles. The highest BCUT2D eigenvalue weighted by Crippen LogP contribution is 2.20. The van der Waals surface area contributed by atoms with E-state index in [0.29, 0.717) is 23.9 Å². The summed E-state index contributed by atoms with van der Waals surface area (Å²) in [6, 6.07) is 7.43. The number of likely N-dealkylation sites (tertiary alicyclic amines) is 1. The van der Waals surface area contributed by atoms with Crippen molar-refractivity contribution in [2.75, 3.05) is 25.4 Å². The van der Waals surface area contributed by atoms with Crippen LogP contribution in [0.4, 0.5) is 5.69 Å². The highest BCUT2D eigenvalue weighted by atomic mass is 16.5. The molecule has 0 saturated carbocycles. The van der Waals surface area contributed by atoms with Gasteiger partial charge in [0, 0.05) is 11.7 Å². The molecule has 1 saturated heterocycles. The second-order valence-electron chi connectivity index (χ2n) is 5.73. The van der Waals surface area contributed by atoms with Crippen LogP contribution in [0.15, 0.2) is 24.3 Å². The fourth-order valence-corrected chi connectivity index (χ4v) is 2.96. The summed E-state index contributed by atoms with van der Waals surface area (Å²) >= 11 is 0. The smallest absolute Gasteiger partial charge is 0.338 e. The Morgan fingerprint density at radius 1 is 1.33 bits per heavy atom. The van der Waals surface area contributed by atoms with Gasteiger partial charge in [-0.2, -0.15) is 0 Å². The summed E-state index contributed by atoms with van der Waals surface area (Å²) < 4.78 is 5.39. The monoisotopic (exact) mass is 290 g/mol. The molecule has 0 radical (unpaired) electrons. The highest BCUT2D eigenvalue weighted by molar-refractivity contribution is 5.89. The lowest BCUT2D eigenvalue weighted by atomic mass is 9.99. The SMILES string of the molecule is CCCN1CCCCC1CCOC(=O)c1ccc(N)cc1. The number of anilines is 1. The predicted octanol–water partition coefficient (Wildman–Crippen LogP) is 3.08. The molecule has 1 heterocycles. The normalized spacial score (nSPS) is 19.4. The molecule has 0 bridgehead atoms. The summed E-state index contributed by atoms with van der Waals surface area (Å²) in [5.41, 5.74) is 6.83. The molecule has 4 heteroatoms. The number of carbonyl (C=O) groups excluding carboxylic acids is 1. The molecule has 2 N–H and O–H groups in total. The van der Waals surface area contributed by atoms with Gasteiger partial charge in [0.05, 0.1) is 12.2 Å². The van der Waals surface area contributed by atoms with Gasteiger partial charge in [0.1, 0.15) is 0 Å². The van der Waals surface area contributed by atoms with Crippen molar-refractivity contribution >= 4 is 11.7 Å². The van der Waals surface area contributed by atoms with Gasteiger partial charge in [0.15, 0.2) is 0 Å². The molecule has 1 atom stereocenters. The van der Waals surface area contributed by atoms with Crippen LogP contribution in [0.5, 0.6) is 0 Å². The molecule has 2 rings (SSSR count). The third-order valence-corrected chi connectivity index (χ3v) is 4.09. The van der Waals surface area contributed by atoms with Crippen molar-refractivity contribution in [3.8, 4) is 0 Å². The quantitative estimate of drug-likeness (QED) is 0.646. The molecule has 0 aliphatic carbocycles. The first kappa shape index (κ1) is 15.8. The van der Waals surface area contributed by atoms with Crippen molar-refractivity contribution in [2.24, 2.45) is 0 Å². The Morgan fingerprint density at radius 2 is 2.10 bits per heavy atom. The van der Waals surface area contributed by atoms with E-state index in [1.165, 1.54) is 32.2 Å². The van der Waals surface area contributed by atoms with Gasteiger partial charge in [0.25, 0.3) is 0 Å². The molecule has 116 valence electrons. The van der Waals surface area contributed by atoms with Gasteiger partial charge in [-0.25, -0.2) is 4.79 Å². The minimum atomic E-state index is -0.257. The van der Waals surface area contributed by atoms with Gasteiger partial charge >= 0.3 is 5.97 Å². The lowest BCUT2D eigenvalue weighted by Gasteiger charge is -2.35. The molecule has 1 unspecified atom stereocenters. The van der Waals surface area contributed by atoms with Gasteiger partial charge in [-0.05, 0) is 63.0 Å². The zero-order chi connectivity index (χ0) is 15.1. The minimum absolute atomic E-state index is 0.257. The standard InChI is InChI=1S/C17H26N2O2/c1-2-11-19-12-4-3-5-16(19)10-13-21-17(20)14-6-8-15(18)9-7-14/h6-9,16H,2-5,10-13,18H2,1H3. The summed E-state index contributed by atoms with van der Waals surface area (Å²) in [6.45, 7) is 5.04. The average Bonchev–Trinajstić information content (AvgIpc) is 2.50. The molecule has 1 aromatic rings. The van der Waals surface area contributed by atoms with Crippen LogP contribution in [0.2, 0.25) is 0 Å². The molecule has 1 fully saturated rings. The van der Waals surface area contributed by atoms with E-state index in [1.54, 1.807) is 24.3 Å². The molecule has 1 aromatic carbocycles. The number of hydrogen-bond acceptors (Lipinski definition) is 4. The number of piperidine rings is 1. The molecular weight excluding hydrogens is 264 g/mol. The molecule has 0 spiro atoms. The first-order valence-corrected chi connectivity index (χ1v) is 7.97. The van der Waals surface area contributed by atoms with Crippen molar-refractivity contribution in [3.63, 3.8) is 0 Å². The maximum atomic E-state index is 11.9. The Balaban J connectivity index is 1.77. The summed E-state index contributed by atoms with van der Waals surface area (Å²) in [5.74, 6) is -0.257. The summed E-state index contributed by atoms with van der Waals surface area (Å²) in [4.78, 5) is 14.5. The first-order valence-electron chi connectivity index (χ1n) is 7.97. The second kappa shape index (κ2) is 8.03. The largest absolute Gasteiger partial charge is 0.462 e. The molecule has 0 amide bonds. The van der Waals surface area contributed by atoms with E-state index in [2.05, 4.69) is 11.8 Å². The van der Waals surface area contributed by atoms with Crippen LogP contribution in [0.25, 0.3) is 0 Å². The number of benzene rings is 1. The predicted molar refractivity (Wildman–Crippen MR) is 85.3 cm³/mol. The number of ether oxygens (including phenoxy) is 1.